The molecule has 1 saturated carbocycles. The molecule has 150 valence electrons. The van der Waals surface area contributed by atoms with E-state index in [9.17, 15) is 9.59 Å². The van der Waals surface area contributed by atoms with Gasteiger partial charge in [0.05, 0.1) is 0 Å². The van der Waals surface area contributed by atoms with Gasteiger partial charge >= 0.3 is 0 Å². The number of hydrogen-bond acceptors (Lipinski definition) is 4. The topological polar surface area (TPSA) is 57.9 Å². The molecule has 2 aliphatic carbocycles. The van der Waals surface area contributed by atoms with Gasteiger partial charge in [-0.25, -0.2) is 4.98 Å². The molecule has 0 bridgehead atoms. The first-order valence-corrected chi connectivity index (χ1v) is 11.5. The molecule has 0 spiro atoms. The number of rotatable bonds is 2. The molecule has 3 aliphatic rings. The first-order valence-electron chi connectivity index (χ1n) is 10.3. The maximum atomic E-state index is 13.1. The van der Waals surface area contributed by atoms with Gasteiger partial charge in [-0.15, -0.1) is 11.3 Å². The van der Waals surface area contributed by atoms with Gasteiger partial charge in [-0.1, -0.05) is 31.4 Å². The van der Waals surface area contributed by atoms with E-state index < -0.39 is 0 Å². The van der Waals surface area contributed by atoms with Crippen LogP contribution in [0.4, 0.5) is 0 Å². The monoisotopic (exact) mass is 420 g/mol. The highest BCUT2D eigenvalue weighted by molar-refractivity contribution is 7.17. The molecule has 1 atom stereocenters. The highest BCUT2D eigenvalue weighted by Gasteiger charge is 2.35. The van der Waals surface area contributed by atoms with Crippen LogP contribution in [0, 0.1) is 5.92 Å². The number of imidazole rings is 1. The third-order valence-corrected chi connectivity index (χ3v) is 7.97. The van der Waals surface area contributed by atoms with E-state index in [1.807, 2.05) is 9.30 Å². The van der Waals surface area contributed by atoms with Gasteiger partial charge in [-0.05, 0) is 38.0 Å². The lowest BCUT2D eigenvalue weighted by atomic mass is 9.93. The van der Waals surface area contributed by atoms with E-state index in [4.69, 9.17) is 11.6 Å². The Morgan fingerprint density at radius 3 is 2.75 bits per heavy atom. The molecule has 0 aromatic carbocycles. The van der Waals surface area contributed by atoms with E-state index in [2.05, 4.69) is 11.9 Å². The molecular formula is C20H25ClN4O2S. The number of carbonyl (C=O) groups is 2. The number of piperazine rings is 1. The predicted molar refractivity (Wildman–Crippen MR) is 109 cm³/mol. The van der Waals surface area contributed by atoms with E-state index in [1.165, 1.54) is 23.4 Å². The van der Waals surface area contributed by atoms with E-state index in [0.29, 0.717) is 30.2 Å². The number of hydrogen-bond donors (Lipinski definition) is 0. The Morgan fingerprint density at radius 2 is 2.00 bits per heavy atom. The van der Waals surface area contributed by atoms with Crippen LogP contribution in [0.5, 0.6) is 0 Å². The van der Waals surface area contributed by atoms with Crippen LogP contribution in [0.25, 0.3) is 4.96 Å². The Hall–Kier alpha value is -1.60. The highest BCUT2D eigenvalue weighted by Crippen LogP contribution is 2.36. The van der Waals surface area contributed by atoms with E-state index in [1.54, 1.807) is 16.2 Å². The second kappa shape index (κ2) is 7.02. The summed E-state index contributed by atoms with van der Waals surface area (Å²) in [4.78, 5) is 36.0. The van der Waals surface area contributed by atoms with Crippen LogP contribution in [-0.4, -0.2) is 56.7 Å². The van der Waals surface area contributed by atoms with Crippen molar-refractivity contribution in [2.45, 2.75) is 57.9 Å². The molecule has 2 aromatic rings. The molecule has 2 amide bonds. The van der Waals surface area contributed by atoms with E-state index in [0.717, 1.165) is 37.1 Å². The van der Waals surface area contributed by atoms with Crippen LogP contribution in [0.2, 0.25) is 5.15 Å². The van der Waals surface area contributed by atoms with Gasteiger partial charge in [0.25, 0.3) is 5.91 Å². The molecule has 28 heavy (non-hydrogen) atoms. The number of aryl methyl sites for hydroxylation is 1. The molecule has 2 aromatic heterocycles. The summed E-state index contributed by atoms with van der Waals surface area (Å²) in [7, 11) is 0. The minimum absolute atomic E-state index is 0.0509. The first kappa shape index (κ1) is 18.4. The molecule has 6 nitrogen and oxygen atoms in total. The number of carbonyl (C=O) groups excluding carboxylic acids is 2. The maximum absolute atomic E-state index is 13.1. The van der Waals surface area contributed by atoms with Crippen molar-refractivity contribution < 1.29 is 9.59 Å². The summed E-state index contributed by atoms with van der Waals surface area (Å²) in [6.45, 7) is 3.57. The van der Waals surface area contributed by atoms with Crippen molar-refractivity contribution in [1.82, 2.24) is 19.2 Å². The fourth-order valence-electron chi connectivity index (χ4n) is 4.94. The Bertz CT molecular complexity index is 946. The zero-order valence-corrected chi connectivity index (χ0v) is 17.7. The number of fused-ring (bicyclic) bond motifs is 3. The van der Waals surface area contributed by atoms with Crippen molar-refractivity contribution in [3.8, 4) is 0 Å². The summed E-state index contributed by atoms with van der Waals surface area (Å²) in [6, 6.07) is 0.361. The summed E-state index contributed by atoms with van der Waals surface area (Å²) in [5.41, 5.74) is 1.49. The molecule has 1 saturated heterocycles. The highest BCUT2D eigenvalue weighted by atomic mass is 35.5. The summed E-state index contributed by atoms with van der Waals surface area (Å²) in [5, 5.41) is 0.401. The fourth-order valence-corrected chi connectivity index (χ4v) is 6.62. The van der Waals surface area contributed by atoms with Crippen LogP contribution in [0.3, 0.4) is 0 Å². The standard InChI is InChI=1S/C20H25ClN4O2S/c1-12-6-7-14-15(10-12)28-20-22-17(18(21)25(14)20)19(27)23-8-9-24(16(26)11-23)13-4-2-3-5-13/h12-13H,2-11H2,1H3. The van der Waals surface area contributed by atoms with Gasteiger partial charge in [0.15, 0.2) is 10.7 Å². The van der Waals surface area contributed by atoms with Crippen LogP contribution in [0.1, 0.15) is 60.1 Å². The predicted octanol–water partition coefficient (Wildman–Crippen LogP) is 3.40. The van der Waals surface area contributed by atoms with Crippen molar-refractivity contribution in [2.24, 2.45) is 5.92 Å². The molecule has 1 unspecified atom stereocenters. The molecule has 8 heteroatoms. The van der Waals surface area contributed by atoms with Gasteiger partial charge in [-0.3, -0.25) is 14.0 Å². The van der Waals surface area contributed by atoms with Gasteiger partial charge in [0.2, 0.25) is 5.91 Å². The average Bonchev–Trinajstić information content (AvgIpc) is 3.38. The number of amides is 2. The third kappa shape index (κ3) is 2.94. The lowest BCUT2D eigenvalue weighted by Gasteiger charge is -2.37. The van der Waals surface area contributed by atoms with Crippen molar-refractivity contribution >= 4 is 39.7 Å². The Labute approximate surface area is 173 Å². The smallest absolute Gasteiger partial charge is 0.276 e. The summed E-state index contributed by atoms with van der Waals surface area (Å²) < 4.78 is 1.96. The quantitative estimate of drug-likeness (QED) is 0.748. The van der Waals surface area contributed by atoms with Crippen molar-refractivity contribution in [1.29, 1.82) is 0 Å². The molecule has 0 radical (unpaired) electrons. The summed E-state index contributed by atoms with van der Waals surface area (Å²) in [6.07, 6.45) is 7.73. The summed E-state index contributed by atoms with van der Waals surface area (Å²) >= 11 is 8.26. The second-order valence-electron chi connectivity index (χ2n) is 8.44. The number of aromatic nitrogens is 2. The number of halogens is 1. The second-order valence-corrected chi connectivity index (χ2v) is 9.86. The maximum Gasteiger partial charge on any atom is 0.276 e. The molecule has 1 aliphatic heterocycles. The van der Waals surface area contributed by atoms with E-state index >= 15 is 0 Å². The molecule has 0 N–H and O–H groups in total. The molecule has 2 fully saturated rings. The summed E-state index contributed by atoms with van der Waals surface area (Å²) in [5.74, 6) is 0.506. The number of nitrogens with zero attached hydrogens (tertiary/aromatic N) is 4. The van der Waals surface area contributed by atoms with Crippen LogP contribution in [-0.2, 0) is 17.6 Å². The normalized spacial score (nSPS) is 23.6. The Balaban J connectivity index is 1.37. The molecule has 5 rings (SSSR count). The minimum Gasteiger partial charge on any atom is -0.336 e. The Morgan fingerprint density at radius 1 is 1.21 bits per heavy atom. The zero-order chi connectivity index (χ0) is 19.4. The largest absolute Gasteiger partial charge is 0.336 e. The third-order valence-electron chi connectivity index (χ3n) is 6.52. The van der Waals surface area contributed by atoms with Crippen LogP contribution >= 0.6 is 22.9 Å². The zero-order valence-electron chi connectivity index (χ0n) is 16.1. The van der Waals surface area contributed by atoms with Gasteiger partial charge in [0, 0.05) is 29.7 Å². The molecular weight excluding hydrogens is 396 g/mol. The first-order chi connectivity index (χ1) is 13.5. The lowest BCUT2D eigenvalue weighted by Crippen LogP contribution is -2.55. The van der Waals surface area contributed by atoms with E-state index in [-0.39, 0.29) is 24.1 Å². The van der Waals surface area contributed by atoms with Crippen molar-refractivity contribution in [2.75, 3.05) is 19.6 Å². The lowest BCUT2D eigenvalue weighted by molar-refractivity contribution is -0.137. The SMILES string of the molecule is CC1CCc2c(sc3nc(C(=O)N4CCN(C5CCCC5)C(=O)C4)c(Cl)n23)C1. The van der Waals surface area contributed by atoms with Gasteiger partial charge in [-0.2, -0.15) is 0 Å². The van der Waals surface area contributed by atoms with Crippen molar-refractivity contribution in [3.05, 3.63) is 21.4 Å². The molecule has 3 heterocycles. The minimum atomic E-state index is -0.224. The van der Waals surface area contributed by atoms with Crippen LogP contribution in [0.15, 0.2) is 0 Å². The van der Waals surface area contributed by atoms with Crippen molar-refractivity contribution in [3.63, 3.8) is 0 Å². The van der Waals surface area contributed by atoms with Gasteiger partial charge in [0.1, 0.15) is 11.7 Å². The van der Waals surface area contributed by atoms with Crippen LogP contribution < -0.4 is 0 Å². The van der Waals surface area contributed by atoms with Gasteiger partial charge < -0.3 is 9.80 Å². The Kier molecular flexibility index (Phi) is 4.62. The number of thiazole rings is 1. The average molecular weight is 421 g/mol. The fraction of sp³-hybridized carbons (Fsp3) is 0.650.